The molecule has 0 radical (unpaired) electrons. The highest BCUT2D eigenvalue weighted by atomic mass is 16.3. The fraction of sp³-hybridized carbons (Fsp3) is 1.00. The van der Waals surface area contributed by atoms with Gasteiger partial charge in [-0.2, -0.15) is 0 Å². The standard InChI is InChI=1S/C22H38O/c1-14-13-19-17-9-8-16-7-5-6-11-21(16,3)18(17)10-12-22(19,4)20(14)15(2)23/h14-20,23H,5-13H2,1-4H3/t14-,15?,16-,17?,18?,19?,20?,21?,22?/m1/s1. The molecule has 1 heteroatoms. The Balaban J connectivity index is 1.64. The normalized spacial score (nSPS) is 57.3. The van der Waals surface area contributed by atoms with E-state index in [9.17, 15) is 5.11 Å². The zero-order valence-corrected chi connectivity index (χ0v) is 15.9. The van der Waals surface area contributed by atoms with E-state index in [1.165, 1.54) is 57.8 Å². The van der Waals surface area contributed by atoms with Crippen molar-refractivity contribution in [2.75, 3.05) is 0 Å². The van der Waals surface area contributed by atoms with Crippen molar-refractivity contribution in [3.8, 4) is 0 Å². The van der Waals surface area contributed by atoms with Crippen LogP contribution in [0.3, 0.4) is 0 Å². The second-order valence-corrected chi connectivity index (χ2v) is 10.4. The molecule has 23 heavy (non-hydrogen) atoms. The van der Waals surface area contributed by atoms with Crippen LogP contribution in [0.5, 0.6) is 0 Å². The van der Waals surface area contributed by atoms with Gasteiger partial charge in [-0.1, -0.05) is 33.6 Å². The summed E-state index contributed by atoms with van der Waals surface area (Å²) in [5.74, 6) is 5.09. The fourth-order valence-corrected chi connectivity index (χ4v) is 8.72. The van der Waals surface area contributed by atoms with Gasteiger partial charge in [0.1, 0.15) is 0 Å². The number of rotatable bonds is 1. The van der Waals surface area contributed by atoms with E-state index in [-0.39, 0.29) is 6.10 Å². The smallest absolute Gasteiger partial charge is 0.0548 e. The second-order valence-electron chi connectivity index (χ2n) is 10.4. The molecule has 0 spiro atoms. The van der Waals surface area contributed by atoms with Gasteiger partial charge in [0.25, 0.3) is 0 Å². The third kappa shape index (κ3) is 2.21. The SMILES string of the molecule is CC(O)C1[C@H](C)CC2C3CC[C@H]4CCCCC4(C)C3CCC21C. The van der Waals surface area contributed by atoms with Crippen LogP contribution >= 0.6 is 0 Å². The largest absolute Gasteiger partial charge is 0.393 e. The summed E-state index contributed by atoms with van der Waals surface area (Å²) >= 11 is 0. The summed E-state index contributed by atoms with van der Waals surface area (Å²) in [6.07, 6.45) is 13.0. The third-order valence-electron chi connectivity index (χ3n) is 9.54. The lowest BCUT2D eigenvalue weighted by Gasteiger charge is -2.60. The second kappa shape index (κ2) is 5.48. The van der Waals surface area contributed by atoms with Crippen molar-refractivity contribution in [2.24, 2.45) is 46.3 Å². The third-order valence-corrected chi connectivity index (χ3v) is 9.54. The minimum absolute atomic E-state index is 0.127. The molecule has 1 N–H and O–H groups in total. The summed E-state index contributed by atoms with van der Waals surface area (Å²) in [6, 6.07) is 0. The first-order chi connectivity index (χ1) is 10.9. The molecule has 0 bridgehead atoms. The maximum absolute atomic E-state index is 10.5. The molecule has 4 fully saturated rings. The molecule has 0 heterocycles. The molecule has 0 aromatic rings. The van der Waals surface area contributed by atoms with E-state index in [1.807, 2.05) is 0 Å². The van der Waals surface area contributed by atoms with Gasteiger partial charge in [0, 0.05) is 0 Å². The summed E-state index contributed by atoms with van der Waals surface area (Å²) in [5, 5.41) is 10.5. The van der Waals surface area contributed by atoms with Crippen molar-refractivity contribution < 1.29 is 5.11 Å². The molecular formula is C22H38O. The predicted octanol–water partition coefficient (Wildman–Crippen LogP) is 5.66. The quantitative estimate of drug-likeness (QED) is 0.661. The van der Waals surface area contributed by atoms with Gasteiger partial charge in [-0.15, -0.1) is 0 Å². The Morgan fingerprint density at radius 2 is 1.70 bits per heavy atom. The van der Waals surface area contributed by atoms with Crippen molar-refractivity contribution >= 4 is 0 Å². The summed E-state index contributed by atoms with van der Waals surface area (Å²) in [7, 11) is 0. The minimum Gasteiger partial charge on any atom is -0.393 e. The van der Waals surface area contributed by atoms with Gasteiger partial charge in [0.05, 0.1) is 6.10 Å². The maximum atomic E-state index is 10.5. The molecular weight excluding hydrogens is 280 g/mol. The molecule has 0 aromatic carbocycles. The molecule has 4 aliphatic rings. The Labute approximate surface area is 143 Å². The maximum Gasteiger partial charge on any atom is 0.0548 e. The predicted molar refractivity (Wildman–Crippen MR) is 96.1 cm³/mol. The first-order valence-corrected chi connectivity index (χ1v) is 10.6. The number of hydrogen-bond acceptors (Lipinski definition) is 1. The van der Waals surface area contributed by atoms with Crippen LogP contribution in [-0.2, 0) is 0 Å². The Hall–Kier alpha value is -0.0400. The highest BCUT2D eigenvalue weighted by Gasteiger charge is 2.61. The molecule has 4 rings (SSSR count). The lowest BCUT2D eigenvalue weighted by atomic mass is 9.45. The number of hydrogen-bond donors (Lipinski definition) is 1. The summed E-state index contributed by atoms with van der Waals surface area (Å²) in [6.45, 7) is 9.69. The van der Waals surface area contributed by atoms with E-state index in [4.69, 9.17) is 0 Å². The molecule has 4 saturated carbocycles. The average Bonchev–Trinajstić information content (AvgIpc) is 2.77. The van der Waals surface area contributed by atoms with Crippen LogP contribution < -0.4 is 0 Å². The van der Waals surface area contributed by atoms with Crippen molar-refractivity contribution in [2.45, 2.75) is 91.6 Å². The van der Waals surface area contributed by atoms with Crippen LogP contribution in [0, 0.1) is 46.3 Å². The Morgan fingerprint density at radius 1 is 0.913 bits per heavy atom. The minimum atomic E-state index is -0.127. The molecule has 4 aliphatic carbocycles. The van der Waals surface area contributed by atoms with Crippen LogP contribution in [0.15, 0.2) is 0 Å². The first kappa shape index (κ1) is 16.4. The van der Waals surface area contributed by atoms with E-state index in [0.717, 1.165) is 23.7 Å². The lowest BCUT2D eigenvalue weighted by molar-refractivity contribution is -0.119. The van der Waals surface area contributed by atoms with Crippen LogP contribution in [0.4, 0.5) is 0 Å². The molecule has 9 atom stereocenters. The van der Waals surface area contributed by atoms with Crippen LogP contribution in [-0.4, -0.2) is 11.2 Å². The van der Waals surface area contributed by atoms with Crippen molar-refractivity contribution in [1.29, 1.82) is 0 Å². The highest BCUT2D eigenvalue weighted by Crippen LogP contribution is 2.68. The Morgan fingerprint density at radius 3 is 2.43 bits per heavy atom. The van der Waals surface area contributed by atoms with E-state index >= 15 is 0 Å². The summed E-state index contributed by atoms with van der Waals surface area (Å²) < 4.78 is 0. The average molecular weight is 319 g/mol. The van der Waals surface area contributed by atoms with Crippen molar-refractivity contribution in [1.82, 2.24) is 0 Å². The van der Waals surface area contributed by atoms with Crippen molar-refractivity contribution in [3.05, 3.63) is 0 Å². The van der Waals surface area contributed by atoms with Gasteiger partial charge in [0.2, 0.25) is 0 Å². The summed E-state index contributed by atoms with van der Waals surface area (Å²) in [5.41, 5.74) is 1.06. The molecule has 1 nitrogen and oxygen atoms in total. The molecule has 0 amide bonds. The molecule has 0 aromatic heterocycles. The van der Waals surface area contributed by atoms with E-state index < -0.39 is 0 Å². The first-order valence-electron chi connectivity index (χ1n) is 10.6. The zero-order chi connectivity index (χ0) is 16.4. The number of fused-ring (bicyclic) bond motifs is 5. The molecule has 7 unspecified atom stereocenters. The monoisotopic (exact) mass is 318 g/mol. The van der Waals surface area contributed by atoms with E-state index in [1.54, 1.807) is 0 Å². The molecule has 0 aliphatic heterocycles. The Kier molecular flexibility index (Phi) is 3.91. The van der Waals surface area contributed by atoms with E-state index in [0.29, 0.717) is 22.7 Å². The topological polar surface area (TPSA) is 20.2 Å². The van der Waals surface area contributed by atoms with Crippen LogP contribution in [0.25, 0.3) is 0 Å². The lowest BCUT2D eigenvalue weighted by Crippen LogP contribution is -2.53. The van der Waals surface area contributed by atoms with Gasteiger partial charge < -0.3 is 5.11 Å². The Bertz CT molecular complexity index is 457. The van der Waals surface area contributed by atoms with Gasteiger partial charge in [0.15, 0.2) is 0 Å². The zero-order valence-electron chi connectivity index (χ0n) is 15.9. The number of aliphatic hydroxyl groups is 1. The van der Waals surface area contributed by atoms with Gasteiger partial charge in [-0.05, 0) is 98.2 Å². The fourth-order valence-electron chi connectivity index (χ4n) is 8.72. The van der Waals surface area contributed by atoms with Gasteiger partial charge in [-0.25, -0.2) is 0 Å². The molecule has 0 saturated heterocycles. The van der Waals surface area contributed by atoms with Crippen LogP contribution in [0.2, 0.25) is 0 Å². The van der Waals surface area contributed by atoms with Gasteiger partial charge in [-0.3, -0.25) is 0 Å². The van der Waals surface area contributed by atoms with Crippen LogP contribution in [0.1, 0.15) is 85.5 Å². The number of aliphatic hydroxyl groups excluding tert-OH is 1. The molecule has 132 valence electrons. The summed E-state index contributed by atoms with van der Waals surface area (Å²) in [4.78, 5) is 0. The van der Waals surface area contributed by atoms with Gasteiger partial charge >= 0.3 is 0 Å². The van der Waals surface area contributed by atoms with Crippen molar-refractivity contribution in [3.63, 3.8) is 0 Å². The highest BCUT2D eigenvalue weighted by molar-refractivity contribution is 5.10. The van der Waals surface area contributed by atoms with E-state index in [2.05, 4.69) is 27.7 Å².